The van der Waals surface area contributed by atoms with Gasteiger partial charge < -0.3 is 9.15 Å². The van der Waals surface area contributed by atoms with Gasteiger partial charge in [-0.2, -0.15) is 5.10 Å². The highest BCUT2D eigenvalue weighted by molar-refractivity contribution is 6.30. The smallest absolute Gasteiger partial charge is 0.331 e. The summed E-state index contributed by atoms with van der Waals surface area (Å²) in [5.74, 6) is -0.379. The zero-order valence-electron chi connectivity index (χ0n) is 15.0. The molecule has 0 radical (unpaired) electrons. The highest BCUT2D eigenvalue weighted by Crippen LogP contribution is 2.33. The Morgan fingerprint density at radius 2 is 2.07 bits per heavy atom. The minimum absolute atomic E-state index is 0.402. The monoisotopic (exact) mass is 386 g/mol. The molecule has 7 heteroatoms. The number of allylic oxidation sites excluding steroid dienone is 1. The van der Waals surface area contributed by atoms with Crippen molar-refractivity contribution in [1.29, 1.82) is 0 Å². The molecule has 1 aliphatic rings. The molecule has 1 aromatic carbocycles. The normalized spacial score (nSPS) is 17.8. The van der Waals surface area contributed by atoms with Gasteiger partial charge in [-0.1, -0.05) is 29.8 Å². The van der Waals surface area contributed by atoms with Crippen LogP contribution in [0.15, 0.2) is 64.3 Å². The lowest BCUT2D eigenvalue weighted by Gasteiger charge is -2.22. The lowest BCUT2D eigenvalue weighted by molar-refractivity contribution is -0.156. The second-order valence-electron chi connectivity index (χ2n) is 6.05. The van der Waals surface area contributed by atoms with E-state index in [2.05, 4.69) is 5.10 Å². The number of carbonyl (C=O) groups is 2. The van der Waals surface area contributed by atoms with Gasteiger partial charge in [0.05, 0.1) is 12.0 Å². The third kappa shape index (κ3) is 4.28. The molecule has 1 aromatic heterocycles. The van der Waals surface area contributed by atoms with E-state index in [1.165, 1.54) is 18.0 Å². The molecule has 1 aliphatic heterocycles. The second kappa shape index (κ2) is 8.22. The van der Waals surface area contributed by atoms with Gasteiger partial charge in [-0.05, 0) is 43.7 Å². The molecular weight excluding hydrogens is 368 g/mol. The predicted molar refractivity (Wildman–Crippen MR) is 101 cm³/mol. The average Bonchev–Trinajstić information content (AvgIpc) is 3.31. The van der Waals surface area contributed by atoms with Crippen molar-refractivity contribution in [3.05, 3.63) is 71.2 Å². The summed E-state index contributed by atoms with van der Waals surface area (Å²) >= 11 is 5.95. The Morgan fingerprint density at radius 3 is 2.70 bits per heavy atom. The molecule has 1 amide bonds. The molecule has 140 valence electrons. The van der Waals surface area contributed by atoms with Crippen LogP contribution in [-0.2, 0) is 14.3 Å². The number of esters is 1. The van der Waals surface area contributed by atoms with Crippen LogP contribution in [0.5, 0.6) is 0 Å². The highest BCUT2D eigenvalue weighted by Gasteiger charge is 2.37. The molecular formula is C20H19ClN2O4. The van der Waals surface area contributed by atoms with Crippen LogP contribution in [0.1, 0.15) is 37.6 Å². The summed E-state index contributed by atoms with van der Waals surface area (Å²) in [5.41, 5.74) is 1.60. The van der Waals surface area contributed by atoms with Crippen LogP contribution in [0.4, 0.5) is 0 Å². The number of benzene rings is 1. The fourth-order valence-corrected chi connectivity index (χ4v) is 2.95. The van der Waals surface area contributed by atoms with Crippen molar-refractivity contribution in [1.82, 2.24) is 5.01 Å². The molecule has 0 bridgehead atoms. The molecule has 2 heterocycles. The van der Waals surface area contributed by atoms with E-state index in [-0.39, 0.29) is 0 Å². The van der Waals surface area contributed by atoms with E-state index < -0.39 is 24.0 Å². The Morgan fingerprint density at radius 1 is 1.33 bits per heavy atom. The molecule has 3 rings (SSSR count). The van der Waals surface area contributed by atoms with E-state index in [0.29, 0.717) is 17.2 Å². The molecule has 0 N–H and O–H groups in total. The van der Waals surface area contributed by atoms with Gasteiger partial charge >= 0.3 is 5.97 Å². The van der Waals surface area contributed by atoms with Crippen LogP contribution in [0.25, 0.3) is 0 Å². The van der Waals surface area contributed by atoms with Crippen LogP contribution < -0.4 is 0 Å². The second-order valence-corrected chi connectivity index (χ2v) is 6.49. The van der Waals surface area contributed by atoms with Crippen LogP contribution in [0.3, 0.4) is 0 Å². The number of amides is 1. The first-order valence-electron chi connectivity index (χ1n) is 8.52. The summed E-state index contributed by atoms with van der Waals surface area (Å²) in [5, 5.41) is 6.44. The molecule has 0 saturated carbocycles. The van der Waals surface area contributed by atoms with Crippen LogP contribution >= 0.6 is 11.6 Å². The van der Waals surface area contributed by atoms with Crippen LogP contribution in [0.2, 0.25) is 5.02 Å². The number of nitrogens with zero attached hydrogens (tertiary/aromatic N) is 2. The average molecular weight is 387 g/mol. The minimum atomic E-state index is -0.973. The first-order chi connectivity index (χ1) is 13.0. The van der Waals surface area contributed by atoms with Crippen LogP contribution in [0, 0.1) is 0 Å². The summed E-state index contributed by atoms with van der Waals surface area (Å²) in [4.78, 5) is 24.5. The van der Waals surface area contributed by atoms with Gasteiger partial charge in [-0.15, -0.1) is 0 Å². The fraction of sp³-hybridized carbons (Fsp3) is 0.250. The van der Waals surface area contributed by atoms with Crippen molar-refractivity contribution >= 4 is 29.2 Å². The zero-order chi connectivity index (χ0) is 19.4. The minimum Gasteiger partial charge on any atom is -0.467 e. The number of hydrogen-bond donors (Lipinski definition) is 0. The molecule has 6 nitrogen and oxygen atoms in total. The van der Waals surface area contributed by atoms with Crippen molar-refractivity contribution in [2.24, 2.45) is 5.10 Å². The van der Waals surface area contributed by atoms with Gasteiger partial charge in [-0.3, -0.25) is 4.79 Å². The Labute approximate surface area is 162 Å². The number of carbonyl (C=O) groups excluding carboxylic acids is 2. The third-order valence-corrected chi connectivity index (χ3v) is 4.38. The topological polar surface area (TPSA) is 72.1 Å². The summed E-state index contributed by atoms with van der Waals surface area (Å²) in [7, 11) is 0. The van der Waals surface area contributed by atoms with Gasteiger partial charge in [0.25, 0.3) is 5.91 Å². The number of rotatable bonds is 5. The quantitative estimate of drug-likeness (QED) is 0.572. The Kier molecular flexibility index (Phi) is 5.76. The van der Waals surface area contributed by atoms with Crippen LogP contribution in [-0.4, -0.2) is 28.7 Å². The van der Waals surface area contributed by atoms with Gasteiger partial charge in [0.2, 0.25) is 0 Å². The molecule has 0 fully saturated rings. The standard InChI is InChI=1S/C20H19ClN2O4/c1-3-5-19(24)27-13(2)20(25)23-17(18-6-4-11-26-18)12-16(22-23)14-7-9-15(21)10-8-14/h3-11,13,17H,12H2,1-2H3/b5-3+/t13-,17-/m0/s1. The summed E-state index contributed by atoms with van der Waals surface area (Å²) in [6, 6.07) is 10.4. The van der Waals surface area contributed by atoms with E-state index in [0.717, 1.165) is 11.3 Å². The fourth-order valence-electron chi connectivity index (χ4n) is 2.82. The largest absolute Gasteiger partial charge is 0.467 e. The molecule has 0 aliphatic carbocycles. The number of hydrogen-bond acceptors (Lipinski definition) is 5. The first kappa shape index (κ1) is 18.9. The summed E-state index contributed by atoms with van der Waals surface area (Å²) < 4.78 is 10.6. The van der Waals surface area contributed by atoms with E-state index in [1.54, 1.807) is 43.5 Å². The van der Waals surface area contributed by atoms with Crippen molar-refractivity contribution in [3.63, 3.8) is 0 Å². The number of ether oxygens (including phenoxy) is 1. The lowest BCUT2D eigenvalue weighted by Crippen LogP contribution is -2.37. The number of halogens is 1. The molecule has 0 saturated heterocycles. The molecule has 0 unspecified atom stereocenters. The third-order valence-electron chi connectivity index (χ3n) is 4.13. The summed E-state index contributed by atoms with van der Waals surface area (Å²) in [6.07, 6.45) is 3.88. The Bertz CT molecular complexity index is 872. The summed E-state index contributed by atoms with van der Waals surface area (Å²) in [6.45, 7) is 3.22. The molecule has 2 atom stereocenters. The number of furan rings is 1. The van der Waals surface area contributed by atoms with E-state index >= 15 is 0 Å². The van der Waals surface area contributed by atoms with Gasteiger partial charge in [-0.25, -0.2) is 9.80 Å². The first-order valence-corrected chi connectivity index (χ1v) is 8.90. The van der Waals surface area contributed by atoms with Gasteiger partial charge in [0.15, 0.2) is 6.10 Å². The highest BCUT2D eigenvalue weighted by atomic mass is 35.5. The van der Waals surface area contributed by atoms with E-state index in [4.69, 9.17) is 20.8 Å². The van der Waals surface area contributed by atoms with Crippen molar-refractivity contribution < 1.29 is 18.7 Å². The van der Waals surface area contributed by atoms with E-state index in [1.807, 2.05) is 12.1 Å². The van der Waals surface area contributed by atoms with Crippen molar-refractivity contribution in [2.45, 2.75) is 32.4 Å². The Hall–Kier alpha value is -2.86. The van der Waals surface area contributed by atoms with Gasteiger partial charge in [0.1, 0.15) is 11.8 Å². The predicted octanol–water partition coefficient (Wildman–Crippen LogP) is 4.12. The maximum absolute atomic E-state index is 12.9. The molecule has 27 heavy (non-hydrogen) atoms. The maximum Gasteiger partial charge on any atom is 0.331 e. The zero-order valence-corrected chi connectivity index (χ0v) is 15.7. The molecule has 2 aromatic rings. The van der Waals surface area contributed by atoms with Crippen molar-refractivity contribution in [3.8, 4) is 0 Å². The molecule has 0 spiro atoms. The maximum atomic E-state index is 12.9. The Balaban J connectivity index is 1.86. The number of hydrazone groups is 1. The van der Waals surface area contributed by atoms with Gasteiger partial charge in [0, 0.05) is 17.5 Å². The lowest BCUT2D eigenvalue weighted by atomic mass is 10.0. The van der Waals surface area contributed by atoms with Crippen molar-refractivity contribution in [2.75, 3.05) is 0 Å². The van der Waals surface area contributed by atoms with E-state index in [9.17, 15) is 9.59 Å². The SMILES string of the molecule is C/C=C/C(=O)O[C@@H](C)C(=O)N1N=C(c2ccc(Cl)cc2)C[C@H]1c1ccco1.